The molecular weight excluding hydrogens is 401 g/mol. The molecule has 3 N–H and O–H groups in total. The van der Waals surface area contributed by atoms with Crippen LogP contribution in [-0.4, -0.2) is 43.9 Å². The van der Waals surface area contributed by atoms with Gasteiger partial charge in [0.25, 0.3) is 0 Å². The summed E-state index contributed by atoms with van der Waals surface area (Å²) in [6, 6.07) is 2.82. The van der Waals surface area contributed by atoms with E-state index in [1.807, 2.05) is 0 Å². The number of carbonyl (C=O) groups excluding carboxylic acids is 2. The number of benzene rings is 1. The van der Waals surface area contributed by atoms with Crippen LogP contribution in [0.1, 0.15) is 20.3 Å². The van der Waals surface area contributed by atoms with Crippen LogP contribution in [0.3, 0.4) is 0 Å². The molecule has 0 saturated carbocycles. The third-order valence-electron chi connectivity index (χ3n) is 3.99. The maximum absolute atomic E-state index is 12.5. The molecule has 0 radical (unpaired) electrons. The van der Waals surface area contributed by atoms with Gasteiger partial charge in [-0.15, -0.1) is 0 Å². The van der Waals surface area contributed by atoms with Crippen LogP contribution in [0.25, 0.3) is 0 Å². The lowest BCUT2D eigenvalue weighted by molar-refractivity contribution is -0.118. The molecule has 1 aliphatic heterocycles. The molecule has 3 amide bonds. The molecule has 1 aromatic rings. The molecule has 26 heavy (non-hydrogen) atoms. The second kappa shape index (κ2) is 8.45. The number of rotatable bonds is 5. The summed E-state index contributed by atoms with van der Waals surface area (Å²) in [4.78, 5) is 24.7. The van der Waals surface area contributed by atoms with Crippen molar-refractivity contribution in [1.29, 1.82) is 0 Å². The fourth-order valence-corrected chi connectivity index (χ4v) is 4.74. The largest absolute Gasteiger partial charge is 0.334 e. The first-order chi connectivity index (χ1) is 12.1. The fourth-order valence-electron chi connectivity index (χ4n) is 2.61. The van der Waals surface area contributed by atoms with E-state index in [1.165, 1.54) is 6.07 Å². The van der Waals surface area contributed by atoms with Crippen molar-refractivity contribution in [1.82, 2.24) is 10.6 Å². The lowest BCUT2D eigenvalue weighted by Gasteiger charge is -2.23. The van der Waals surface area contributed by atoms with Crippen LogP contribution in [0.2, 0.25) is 10.0 Å². The molecule has 1 aliphatic rings. The Hall–Kier alpha value is -1.51. The summed E-state index contributed by atoms with van der Waals surface area (Å²) in [5.74, 6) is -0.655. The summed E-state index contributed by atoms with van der Waals surface area (Å²) >= 11 is 11.9. The van der Waals surface area contributed by atoms with E-state index in [9.17, 15) is 18.0 Å². The van der Waals surface area contributed by atoms with Gasteiger partial charge in [-0.1, -0.05) is 37.0 Å². The van der Waals surface area contributed by atoms with Crippen molar-refractivity contribution in [2.75, 3.05) is 16.8 Å². The smallest absolute Gasteiger partial charge is 0.315 e. The second-order valence-corrected chi connectivity index (χ2v) is 9.63. The van der Waals surface area contributed by atoms with Crippen LogP contribution in [0.4, 0.5) is 10.5 Å². The predicted molar refractivity (Wildman–Crippen MR) is 102 cm³/mol. The van der Waals surface area contributed by atoms with Gasteiger partial charge in [-0.2, -0.15) is 0 Å². The van der Waals surface area contributed by atoms with Crippen molar-refractivity contribution in [3.63, 3.8) is 0 Å². The molecule has 0 unspecified atom stereocenters. The number of sulfone groups is 1. The summed E-state index contributed by atoms with van der Waals surface area (Å²) < 4.78 is 22.9. The summed E-state index contributed by atoms with van der Waals surface area (Å²) in [6.07, 6.45) is 0.370. The molecule has 0 bridgehead atoms. The number of halogens is 2. The van der Waals surface area contributed by atoms with Crippen LogP contribution in [0, 0.1) is 5.92 Å². The van der Waals surface area contributed by atoms with Gasteiger partial charge in [0.05, 0.1) is 22.2 Å². The average Bonchev–Trinajstić information content (AvgIpc) is 2.86. The minimum atomic E-state index is -3.10. The normalized spacial score (nSPS) is 19.8. The van der Waals surface area contributed by atoms with Crippen molar-refractivity contribution >= 4 is 50.7 Å². The Morgan fingerprint density at radius 2 is 1.92 bits per heavy atom. The Balaban J connectivity index is 1.99. The van der Waals surface area contributed by atoms with E-state index in [-0.39, 0.29) is 22.4 Å². The summed E-state index contributed by atoms with van der Waals surface area (Å²) in [5, 5.41) is 8.59. The Morgan fingerprint density at radius 3 is 2.46 bits per heavy atom. The first-order valence-corrected chi connectivity index (χ1v) is 10.7. The molecule has 1 aromatic carbocycles. The summed E-state index contributed by atoms with van der Waals surface area (Å²) in [5.41, 5.74) is 0.385. The van der Waals surface area contributed by atoms with Crippen LogP contribution in [-0.2, 0) is 14.6 Å². The second-order valence-electron chi connectivity index (χ2n) is 6.55. The van der Waals surface area contributed by atoms with Gasteiger partial charge < -0.3 is 16.0 Å². The van der Waals surface area contributed by atoms with Gasteiger partial charge >= 0.3 is 6.03 Å². The Labute approximate surface area is 162 Å². The Morgan fingerprint density at radius 1 is 1.23 bits per heavy atom. The number of hydrogen-bond donors (Lipinski definition) is 3. The zero-order valence-corrected chi connectivity index (χ0v) is 16.7. The molecule has 10 heteroatoms. The van der Waals surface area contributed by atoms with Gasteiger partial charge in [0.15, 0.2) is 9.84 Å². The van der Waals surface area contributed by atoms with Crippen molar-refractivity contribution in [3.8, 4) is 0 Å². The van der Waals surface area contributed by atoms with Crippen LogP contribution >= 0.6 is 23.2 Å². The van der Waals surface area contributed by atoms with Gasteiger partial charge in [-0.25, -0.2) is 13.2 Å². The lowest BCUT2D eigenvalue weighted by Crippen LogP contribution is -2.52. The first-order valence-electron chi connectivity index (χ1n) is 8.11. The molecule has 7 nitrogen and oxygen atoms in total. The molecule has 0 spiro atoms. The van der Waals surface area contributed by atoms with Gasteiger partial charge in [0.1, 0.15) is 6.04 Å². The van der Waals surface area contributed by atoms with Crippen molar-refractivity contribution < 1.29 is 18.0 Å². The van der Waals surface area contributed by atoms with Crippen molar-refractivity contribution in [3.05, 3.63) is 28.2 Å². The Kier molecular flexibility index (Phi) is 6.76. The van der Waals surface area contributed by atoms with Crippen molar-refractivity contribution in [2.24, 2.45) is 5.92 Å². The third-order valence-corrected chi connectivity index (χ3v) is 6.31. The van der Waals surface area contributed by atoms with Gasteiger partial charge in [-0.05, 0) is 30.5 Å². The quantitative estimate of drug-likeness (QED) is 0.678. The van der Waals surface area contributed by atoms with Crippen LogP contribution < -0.4 is 16.0 Å². The highest BCUT2D eigenvalue weighted by Crippen LogP contribution is 2.25. The minimum absolute atomic E-state index is 0.0567. The average molecular weight is 422 g/mol. The molecule has 1 heterocycles. The fraction of sp³-hybridized carbons (Fsp3) is 0.500. The molecule has 2 atom stereocenters. The SMILES string of the molecule is CC(C)[C@H](NC(=O)N[C@@H]1CCS(=O)(=O)C1)C(=O)Nc1ccc(Cl)cc1Cl. The molecule has 2 rings (SSSR count). The van der Waals surface area contributed by atoms with E-state index in [0.717, 1.165) is 0 Å². The van der Waals surface area contributed by atoms with E-state index in [4.69, 9.17) is 23.2 Å². The monoisotopic (exact) mass is 421 g/mol. The number of carbonyl (C=O) groups is 2. The van der Waals surface area contributed by atoms with Gasteiger partial charge in [0.2, 0.25) is 5.91 Å². The summed E-state index contributed by atoms with van der Waals surface area (Å²) in [7, 11) is -3.10. The number of hydrogen-bond acceptors (Lipinski definition) is 4. The van der Waals surface area contributed by atoms with Crippen LogP contribution in [0.15, 0.2) is 18.2 Å². The van der Waals surface area contributed by atoms with E-state index >= 15 is 0 Å². The van der Waals surface area contributed by atoms with E-state index in [2.05, 4.69) is 16.0 Å². The minimum Gasteiger partial charge on any atom is -0.334 e. The number of anilines is 1. The highest BCUT2D eigenvalue weighted by atomic mass is 35.5. The zero-order valence-electron chi connectivity index (χ0n) is 14.4. The molecule has 1 saturated heterocycles. The lowest BCUT2D eigenvalue weighted by atomic mass is 10.0. The molecule has 1 fully saturated rings. The highest BCUT2D eigenvalue weighted by molar-refractivity contribution is 7.91. The number of urea groups is 1. The van der Waals surface area contributed by atoms with Crippen LogP contribution in [0.5, 0.6) is 0 Å². The zero-order chi connectivity index (χ0) is 19.5. The van der Waals surface area contributed by atoms with E-state index in [1.54, 1.807) is 26.0 Å². The first kappa shape index (κ1) is 20.8. The number of nitrogens with one attached hydrogen (secondary N) is 3. The highest BCUT2D eigenvalue weighted by Gasteiger charge is 2.31. The summed E-state index contributed by atoms with van der Waals surface area (Å²) in [6.45, 7) is 3.57. The molecule has 0 aliphatic carbocycles. The number of amides is 3. The van der Waals surface area contributed by atoms with Crippen molar-refractivity contribution in [2.45, 2.75) is 32.4 Å². The van der Waals surface area contributed by atoms with E-state index in [0.29, 0.717) is 17.1 Å². The third kappa shape index (κ3) is 5.75. The maximum atomic E-state index is 12.5. The maximum Gasteiger partial charge on any atom is 0.315 e. The molecule has 0 aromatic heterocycles. The van der Waals surface area contributed by atoms with Gasteiger partial charge in [-0.3, -0.25) is 4.79 Å². The Bertz CT molecular complexity index is 799. The predicted octanol–water partition coefficient (Wildman–Crippen LogP) is 2.44. The van der Waals surface area contributed by atoms with Gasteiger partial charge in [0, 0.05) is 11.1 Å². The topological polar surface area (TPSA) is 104 Å². The molecule has 144 valence electrons. The van der Waals surface area contributed by atoms with E-state index < -0.39 is 33.9 Å². The standard InChI is InChI=1S/C16H21Cl2N3O4S/c1-9(2)14(15(22)20-13-4-3-10(17)7-12(13)18)21-16(23)19-11-5-6-26(24,25)8-11/h3-4,7,9,11,14H,5-6,8H2,1-2H3,(H,20,22)(H2,19,21,23)/t11-,14+/m1/s1. The molecular formula is C16H21Cl2N3O4S.